The number of hydrogen-bond acceptors (Lipinski definition) is 3. The molecule has 0 spiro atoms. The van der Waals surface area contributed by atoms with Crippen LogP contribution in [0.1, 0.15) is 18.4 Å². The molecule has 1 aromatic heterocycles. The number of carboxylic acid groups (broad SMARTS) is 1. The molecule has 16 heavy (non-hydrogen) atoms. The van der Waals surface area contributed by atoms with Crippen LogP contribution in [0.4, 0.5) is 0 Å². The number of ether oxygens (including phenoxy) is 1. The topological polar surface area (TPSA) is 46.5 Å². The number of benzene rings is 1. The van der Waals surface area contributed by atoms with Gasteiger partial charge >= 0.3 is 5.97 Å². The van der Waals surface area contributed by atoms with E-state index in [1.54, 1.807) is 25.4 Å². The van der Waals surface area contributed by atoms with Gasteiger partial charge in [-0.15, -0.1) is 11.3 Å². The van der Waals surface area contributed by atoms with Gasteiger partial charge < -0.3 is 9.84 Å². The second-order valence-corrected chi connectivity index (χ2v) is 4.52. The van der Waals surface area contributed by atoms with Crippen molar-refractivity contribution in [3.8, 4) is 5.75 Å². The van der Waals surface area contributed by atoms with Crippen molar-refractivity contribution in [1.82, 2.24) is 0 Å². The first-order valence-electron chi connectivity index (χ1n) is 4.91. The van der Waals surface area contributed by atoms with Gasteiger partial charge in [-0.05, 0) is 41.5 Å². The quantitative estimate of drug-likeness (QED) is 0.890. The third-order valence-corrected chi connectivity index (χ3v) is 3.61. The number of fused-ring (bicyclic) bond motifs is 1. The average Bonchev–Trinajstić information content (AvgIpc) is 2.70. The van der Waals surface area contributed by atoms with Crippen molar-refractivity contribution in [2.75, 3.05) is 7.11 Å². The largest absolute Gasteiger partial charge is 0.497 e. The zero-order chi connectivity index (χ0) is 11.7. The molecule has 1 N–H and O–H groups in total. The lowest BCUT2D eigenvalue weighted by molar-refractivity contribution is -0.138. The number of aliphatic carboxylic acids is 1. The van der Waals surface area contributed by atoms with Gasteiger partial charge in [0.1, 0.15) is 5.75 Å². The normalized spacial score (nSPS) is 12.6. The minimum absolute atomic E-state index is 0.470. The summed E-state index contributed by atoms with van der Waals surface area (Å²) in [5.41, 5.74) is 0.871. The summed E-state index contributed by atoms with van der Waals surface area (Å²) in [5, 5.41) is 11.9. The maximum atomic E-state index is 10.9. The van der Waals surface area contributed by atoms with Crippen LogP contribution in [0.5, 0.6) is 5.75 Å². The standard InChI is InChI=1S/C12H12O3S/c1-7(12(13)14)10-6-16-11-5-8(15-2)3-4-9(10)11/h3-7H,1-2H3,(H,13,14). The third kappa shape index (κ3) is 1.76. The fourth-order valence-corrected chi connectivity index (χ4v) is 2.71. The minimum atomic E-state index is -0.796. The fraction of sp³-hybridized carbons (Fsp3) is 0.250. The molecule has 0 aliphatic carbocycles. The number of hydrogen-bond donors (Lipinski definition) is 1. The number of thiophene rings is 1. The summed E-state index contributed by atoms with van der Waals surface area (Å²) in [6, 6.07) is 5.70. The van der Waals surface area contributed by atoms with Crippen LogP contribution < -0.4 is 4.74 Å². The van der Waals surface area contributed by atoms with Crippen molar-refractivity contribution in [1.29, 1.82) is 0 Å². The molecule has 1 aromatic carbocycles. The molecule has 84 valence electrons. The van der Waals surface area contributed by atoms with Crippen molar-refractivity contribution in [2.45, 2.75) is 12.8 Å². The molecule has 3 nitrogen and oxygen atoms in total. The van der Waals surface area contributed by atoms with Crippen molar-refractivity contribution in [3.63, 3.8) is 0 Å². The zero-order valence-electron chi connectivity index (χ0n) is 9.06. The van der Waals surface area contributed by atoms with E-state index in [0.717, 1.165) is 21.4 Å². The number of rotatable bonds is 3. The molecule has 0 amide bonds. The van der Waals surface area contributed by atoms with Gasteiger partial charge in [0.15, 0.2) is 0 Å². The highest BCUT2D eigenvalue weighted by molar-refractivity contribution is 7.17. The van der Waals surface area contributed by atoms with Crippen molar-refractivity contribution < 1.29 is 14.6 Å². The third-order valence-electron chi connectivity index (χ3n) is 2.65. The molecule has 0 aliphatic rings. The highest BCUT2D eigenvalue weighted by atomic mass is 32.1. The van der Waals surface area contributed by atoms with Crippen molar-refractivity contribution in [2.24, 2.45) is 0 Å². The molecule has 0 aliphatic heterocycles. The Bertz CT molecular complexity index is 530. The van der Waals surface area contributed by atoms with Crippen LogP contribution in [-0.2, 0) is 4.79 Å². The minimum Gasteiger partial charge on any atom is -0.497 e. The first-order valence-corrected chi connectivity index (χ1v) is 5.79. The Labute approximate surface area is 97.3 Å². The van der Waals surface area contributed by atoms with Crippen LogP contribution in [-0.4, -0.2) is 18.2 Å². The molecule has 1 unspecified atom stereocenters. The molecule has 0 fully saturated rings. The summed E-state index contributed by atoms with van der Waals surface area (Å²) in [6.45, 7) is 1.70. The van der Waals surface area contributed by atoms with Gasteiger partial charge in [-0.3, -0.25) is 4.79 Å². The molecular weight excluding hydrogens is 224 g/mol. The maximum absolute atomic E-state index is 10.9. The molecule has 1 heterocycles. The lowest BCUT2D eigenvalue weighted by Gasteiger charge is -2.05. The van der Waals surface area contributed by atoms with E-state index in [2.05, 4.69) is 0 Å². The van der Waals surface area contributed by atoms with Crippen LogP contribution in [0.3, 0.4) is 0 Å². The molecule has 0 bridgehead atoms. The van der Waals surface area contributed by atoms with E-state index in [-0.39, 0.29) is 0 Å². The highest BCUT2D eigenvalue weighted by Gasteiger charge is 2.17. The van der Waals surface area contributed by atoms with E-state index in [4.69, 9.17) is 9.84 Å². The first-order chi connectivity index (χ1) is 7.63. The Kier molecular flexibility index (Phi) is 2.83. The molecule has 4 heteroatoms. The molecule has 1 atom stereocenters. The molecular formula is C12H12O3S. The first kappa shape index (κ1) is 11.0. The Morgan fingerprint density at radius 2 is 2.25 bits per heavy atom. The van der Waals surface area contributed by atoms with Crippen molar-refractivity contribution in [3.05, 3.63) is 29.1 Å². The molecule has 0 saturated heterocycles. The smallest absolute Gasteiger partial charge is 0.310 e. The SMILES string of the molecule is COc1ccc2c(C(C)C(=O)O)csc2c1. The fourth-order valence-electron chi connectivity index (χ4n) is 1.62. The van der Waals surface area contributed by atoms with Gasteiger partial charge in [0.05, 0.1) is 13.0 Å². The van der Waals surface area contributed by atoms with E-state index < -0.39 is 11.9 Å². The van der Waals surface area contributed by atoms with Crippen LogP contribution in [0.2, 0.25) is 0 Å². The number of carbonyl (C=O) groups is 1. The Morgan fingerprint density at radius 1 is 1.50 bits per heavy atom. The monoisotopic (exact) mass is 236 g/mol. The molecule has 2 aromatic rings. The number of methoxy groups -OCH3 is 1. The van der Waals surface area contributed by atoms with Gasteiger partial charge in [0.2, 0.25) is 0 Å². The van der Waals surface area contributed by atoms with Crippen molar-refractivity contribution >= 4 is 27.4 Å². The summed E-state index contributed by atoms with van der Waals surface area (Å²) in [4.78, 5) is 10.9. The van der Waals surface area contributed by atoms with E-state index in [1.807, 2.05) is 23.6 Å². The molecule has 0 radical (unpaired) electrons. The lowest BCUT2D eigenvalue weighted by Crippen LogP contribution is -2.06. The van der Waals surface area contributed by atoms with Gasteiger partial charge in [-0.1, -0.05) is 0 Å². The summed E-state index contributed by atoms with van der Waals surface area (Å²) in [6.07, 6.45) is 0. The summed E-state index contributed by atoms with van der Waals surface area (Å²) in [7, 11) is 1.62. The second kappa shape index (κ2) is 4.14. The zero-order valence-corrected chi connectivity index (χ0v) is 9.88. The maximum Gasteiger partial charge on any atom is 0.310 e. The summed E-state index contributed by atoms with van der Waals surface area (Å²) >= 11 is 1.55. The summed E-state index contributed by atoms with van der Waals surface area (Å²) < 4.78 is 6.19. The highest BCUT2D eigenvalue weighted by Crippen LogP contribution is 2.33. The van der Waals surface area contributed by atoms with Gasteiger partial charge in [0.25, 0.3) is 0 Å². The van der Waals surface area contributed by atoms with Gasteiger partial charge in [0, 0.05) is 4.70 Å². The van der Waals surface area contributed by atoms with E-state index in [9.17, 15) is 4.79 Å². The Hall–Kier alpha value is -1.55. The Balaban J connectivity index is 2.53. The average molecular weight is 236 g/mol. The van der Waals surface area contributed by atoms with E-state index >= 15 is 0 Å². The predicted octanol–water partition coefficient (Wildman–Crippen LogP) is 3.10. The molecule has 0 saturated carbocycles. The van der Waals surface area contributed by atoms with Crippen LogP contribution in [0, 0.1) is 0 Å². The van der Waals surface area contributed by atoms with E-state index in [0.29, 0.717) is 0 Å². The summed E-state index contributed by atoms with van der Waals surface area (Å²) in [5.74, 6) is -0.471. The number of carboxylic acids is 1. The predicted molar refractivity (Wildman–Crippen MR) is 64.4 cm³/mol. The van der Waals surface area contributed by atoms with E-state index in [1.165, 1.54) is 0 Å². The van der Waals surface area contributed by atoms with Crippen LogP contribution in [0.15, 0.2) is 23.6 Å². The lowest BCUT2D eigenvalue weighted by atomic mass is 10.0. The van der Waals surface area contributed by atoms with Gasteiger partial charge in [-0.2, -0.15) is 0 Å². The Morgan fingerprint density at radius 3 is 2.88 bits per heavy atom. The molecule has 2 rings (SSSR count). The second-order valence-electron chi connectivity index (χ2n) is 3.61. The van der Waals surface area contributed by atoms with Crippen LogP contribution >= 0.6 is 11.3 Å². The van der Waals surface area contributed by atoms with Crippen LogP contribution in [0.25, 0.3) is 10.1 Å². The van der Waals surface area contributed by atoms with Gasteiger partial charge in [-0.25, -0.2) is 0 Å².